The standard InChI is InChI=1S/C12H25O5P/c1-9(2)15-12-8-14-7-6-11(12)17-18(5,13)16-10(3)4/h9-12H,6-8H2,1-5H3. The molecule has 0 aliphatic carbocycles. The van der Waals surface area contributed by atoms with E-state index in [2.05, 4.69) is 0 Å². The quantitative estimate of drug-likeness (QED) is 0.700. The van der Waals surface area contributed by atoms with Crippen molar-refractivity contribution in [1.82, 2.24) is 0 Å². The molecule has 3 unspecified atom stereocenters. The van der Waals surface area contributed by atoms with Crippen LogP contribution in [0.25, 0.3) is 0 Å². The van der Waals surface area contributed by atoms with Gasteiger partial charge < -0.3 is 18.5 Å². The Morgan fingerprint density at radius 3 is 2.39 bits per heavy atom. The molecule has 1 saturated heterocycles. The van der Waals surface area contributed by atoms with E-state index in [4.69, 9.17) is 18.5 Å². The number of ether oxygens (including phenoxy) is 2. The van der Waals surface area contributed by atoms with Crippen LogP contribution in [0.4, 0.5) is 0 Å². The molecule has 1 fully saturated rings. The molecule has 0 aromatic heterocycles. The summed E-state index contributed by atoms with van der Waals surface area (Å²) in [5.74, 6) is 0. The lowest BCUT2D eigenvalue weighted by atomic mass is 10.1. The smallest absolute Gasteiger partial charge is 0.328 e. The molecular weight excluding hydrogens is 255 g/mol. The van der Waals surface area contributed by atoms with Crippen LogP contribution < -0.4 is 0 Å². The number of hydrogen-bond donors (Lipinski definition) is 0. The van der Waals surface area contributed by atoms with Crippen LogP contribution in [0.1, 0.15) is 34.1 Å². The fourth-order valence-electron chi connectivity index (χ4n) is 1.94. The van der Waals surface area contributed by atoms with Gasteiger partial charge in [0.2, 0.25) is 0 Å². The summed E-state index contributed by atoms with van der Waals surface area (Å²) >= 11 is 0. The van der Waals surface area contributed by atoms with E-state index >= 15 is 0 Å². The zero-order valence-corrected chi connectivity index (χ0v) is 12.8. The van der Waals surface area contributed by atoms with Crippen molar-refractivity contribution in [2.24, 2.45) is 0 Å². The Balaban J connectivity index is 2.58. The van der Waals surface area contributed by atoms with E-state index in [1.165, 1.54) is 6.66 Å². The van der Waals surface area contributed by atoms with Crippen molar-refractivity contribution >= 4 is 7.60 Å². The zero-order chi connectivity index (χ0) is 13.8. The van der Waals surface area contributed by atoms with Crippen molar-refractivity contribution in [2.75, 3.05) is 19.9 Å². The fraction of sp³-hybridized carbons (Fsp3) is 1.00. The first-order chi connectivity index (χ1) is 8.30. The molecule has 0 aromatic carbocycles. The molecule has 18 heavy (non-hydrogen) atoms. The van der Waals surface area contributed by atoms with E-state index in [1.807, 2.05) is 27.7 Å². The van der Waals surface area contributed by atoms with E-state index < -0.39 is 7.60 Å². The van der Waals surface area contributed by atoms with Gasteiger partial charge in [-0.1, -0.05) is 0 Å². The molecule has 0 amide bonds. The van der Waals surface area contributed by atoms with Crippen molar-refractivity contribution in [3.8, 4) is 0 Å². The highest BCUT2D eigenvalue weighted by atomic mass is 31.2. The average molecular weight is 280 g/mol. The minimum Gasteiger partial charge on any atom is -0.379 e. The Morgan fingerprint density at radius 2 is 1.83 bits per heavy atom. The van der Waals surface area contributed by atoms with Gasteiger partial charge in [-0.15, -0.1) is 0 Å². The van der Waals surface area contributed by atoms with Gasteiger partial charge in [-0.2, -0.15) is 0 Å². The van der Waals surface area contributed by atoms with Crippen molar-refractivity contribution in [3.05, 3.63) is 0 Å². The van der Waals surface area contributed by atoms with E-state index in [0.29, 0.717) is 19.6 Å². The minimum absolute atomic E-state index is 0.0880. The third kappa shape index (κ3) is 5.81. The molecular formula is C12H25O5P. The zero-order valence-electron chi connectivity index (χ0n) is 11.9. The molecule has 0 saturated carbocycles. The molecule has 0 aromatic rings. The summed E-state index contributed by atoms with van der Waals surface area (Å²) in [5.41, 5.74) is 0. The highest BCUT2D eigenvalue weighted by molar-refractivity contribution is 7.53. The Kier molecular flexibility index (Phi) is 6.28. The van der Waals surface area contributed by atoms with E-state index in [-0.39, 0.29) is 24.4 Å². The summed E-state index contributed by atoms with van der Waals surface area (Å²) < 4.78 is 34.2. The average Bonchev–Trinajstić information content (AvgIpc) is 2.17. The Labute approximate surface area is 110 Å². The highest BCUT2D eigenvalue weighted by Crippen LogP contribution is 2.47. The molecule has 0 N–H and O–H groups in total. The molecule has 1 aliphatic heterocycles. The van der Waals surface area contributed by atoms with E-state index in [0.717, 1.165) is 0 Å². The normalized spacial score (nSPS) is 28.6. The van der Waals surface area contributed by atoms with Crippen LogP contribution in [0, 0.1) is 0 Å². The molecule has 0 spiro atoms. The predicted octanol–water partition coefficient (Wildman–Crippen LogP) is 2.83. The van der Waals surface area contributed by atoms with Crippen LogP contribution in [0.3, 0.4) is 0 Å². The van der Waals surface area contributed by atoms with Crippen LogP contribution in [0.15, 0.2) is 0 Å². The third-order valence-electron chi connectivity index (χ3n) is 2.42. The lowest BCUT2D eigenvalue weighted by molar-refractivity contribution is -0.128. The Bertz CT molecular complexity index is 292. The lowest BCUT2D eigenvalue weighted by Gasteiger charge is -2.34. The van der Waals surface area contributed by atoms with Crippen molar-refractivity contribution in [1.29, 1.82) is 0 Å². The minimum atomic E-state index is -3.03. The maximum atomic E-state index is 12.2. The van der Waals surface area contributed by atoms with Gasteiger partial charge in [0.15, 0.2) is 0 Å². The molecule has 3 atom stereocenters. The summed E-state index contributed by atoms with van der Waals surface area (Å²) in [6.07, 6.45) is 0.241. The van der Waals surface area contributed by atoms with Crippen LogP contribution in [0.5, 0.6) is 0 Å². The summed E-state index contributed by atoms with van der Waals surface area (Å²) in [6, 6.07) is 0. The largest absolute Gasteiger partial charge is 0.379 e. The van der Waals surface area contributed by atoms with E-state index in [1.54, 1.807) is 0 Å². The Hall–Kier alpha value is 0.0700. The predicted molar refractivity (Wildman–Crippen MR) is 70.1 cm³/mol. The van der Waals surface area contributed by atoms with Gasteiger partial charge in [0, 0.05) is 19.7 Å². The highest BCUT2D eigenvalue weighted by Gasteiger charge is 2.33. The van der Waals surface area contributed by atoms with Gasteiger partial charge in [-0.3, -0.25) is 4.57 Å². The summed E-state index contributed by atoms with van der Waals surface area (Å²) in [5, 5.41) is 0. The maximum absolute atomic E-state index is 12.2. The van der Waals surface area contributed by atoms with Crippen molar-refractivity contribution in [3.63, 3.8) is 0 Å². The number of rotatable bonds is 6. The van der Waals surface area contributed by atoms with Gasteiger partial charge in [-0.25, -0.2) is 0 Å². The molecule has 1 aliphatic rings. The number of hydrogen-bond acceptors (Lipinski definition) is 5. The summed E-state index contributed by atoms with van der Waals surface area (Å²) in [7, 11) is -3.03. The Morgan fingerprint density at radius 1 is 1.17 bits per heavy atom. The second-order valence-corrected chi connectivity index (χ2v) is 7.12. The first kappa shape index (κ1) is 16.1. The molecule has 108 valence electrons. The second-order valence-electron chi connectivity index (χ2n) is 5.16. The maximum Gasteiger partial charge on any atom is 0.328 e. The van der Waals surface area contributed by atoms with Crippen molar-refractivity contribution in [2.45, 2.75) is 58.5 Å². The molecule has 0 radical (unpaired) electrons. The molecule has 1 rings (SSSR count). The van der Waals surface area contributed by atoms with Gasteiger partial charge in [0.05, 0.1) is 24.9 Å². The summed E-state index contributed by atoms with van der Waals surface area (Å²) in [6.45, 7) is 10.2. The molecule has 6 heteroatoms. The van der Waals surface area contributed by atoms with Crippen LogP contribution >= 0.6 is 7.60 Å². The van der Waals surface area contributed by atoms with Crippen LogP contribution in [-0.4, -0.2) is 44.3 Å². The van der Waals surface area contributed by atoms with Gasteiger partial charge in [0.1, 0.15) is 6.10 Å². The third-order valence-corrected chi connectivity index (χ3v) is 3.88. The summed E-state index contributed by atoms with van der Waals surface area (Å²) in [4.78, 5) is 0. The topological polar surface area (TPSA) is 54.0 Å². The van der Waals surface area contributed by atoms with Crippen molar-refractivity contribution < 1.29 is 23.1 Å². The second kappa shape index (κ2) is 7.01. The molecule has 1 heterocycles. The fourth-order valence-corrected chi connectivity index (χ4v) is 3.49. The van der Waals surface area contributed by atoms with Gasteiger partial charge in [-0.05, 0) is 27.7 Å². The van der Waals surface area contributed by atoms with Crippen LogP contribution in [0.2, 0.25) is 0 Å². The molecule has 5 nitrogen and oxygen atoms in total. The van der Waals surface area contributed by atoms with E-state index in [9.17, 15) is 4.57 Å². The molecule has 0 bridgehead atoms. The lowest BCUT2D eigenvalue weighted by Crippen LogP contribution is -2.41. The van der Waals surface area contributed by atoms with Gasteiger partial charge in [0.25, 0.3) is 0 Å². The first-order valence-corrected chi connectivity index (χ1v) is 8.46. The SMILES string of the molecule is CC(C)OC1COCCC1OP(C)(=O)OC(C)C. The van der Waals surface area contributed by atoms with Gasteiger partial charge >= 0.3 is 7.60 Å². The monoisotopic (exact) mass is 280 g/mol. The van der Waals surface area contributed by atoms with Crippen LogP contribution in [-0.2, 0) is 23.1 Å². The first-order valence-electron chi connectivity index (χ1n) is 6.47.